The van der Waals surface area contributed by atoms with Crippen LogP contribution in [0.1, 0.15) is 64.7 Å². The molecule has 0 aliphatic heterocycles. The van der Waals surface area contributed by atoms with E-state index in [1.54, 1.807) is 0 Å². The Kier molecular flexibility index (Phi) is 11.7. The molecule has 106 valence electrons. The van der Waals surface area contributed by atoms with Crippen LogP contribution in [0, 0.1) is 0 Å². The highest BCUT2D eigenvalue weighted by Gasteiger charge is 2.14. The number of rotatable bonds is 10. The van der Waals surface area contributed by atoms with Crippen LogP contribution in [-0.2, 0) is 19.1 Å². The van der Waals surface area contributed by atoms with Crippen molar-refractivity contribution in [1.82, 2.24) is 0 Å². The fraction of sp³-hybridized carbons (Fsp3) is 0.857. The van der Waals surface area contributed by atoms with Gasteiger partial charge in [0.2, 0.25) is 0 Å². The lowest BCUT2D eigenvalue weighted by atomic mass is 10.1. The molecule has 0 aliphatic carbocycles. The largest absolute Gasteiger partial charge is 0.461 e. The minimum Gasteiger partial charge on any atom is -0.461 e. The van der Waals surface area contributed by atoms with E-state index in [1.165, 1.54) is 52.1 Å². The summed E-state index contributed by atoms with van der Waals surface area (Å²) in [6.07, 6.45) is 10.9. The molecule has 0 spiro atoms. The summed E-state index contributed by atoms with van der Waals surface area (Å²) in [4.78, 5) is 21.6. The summed E-state index contributed by atoms with van der Waals surface area (Å²) in [5, 5.41) is 0. The van der Waals surface area contributed by atoms with Gasteiger partial charge in [0.05, 0.1) is 13.7 Å². The SMILES string of the molecule is CCCCCCCCCCCOC(=O)C(=O)OC. The predicted octanol–water partition coefficient (Wildman–Crippen LogP) is 3.23. The van der Waals surface area contributed by atoms with Crippen LogP contribution in [0.25, 0.3) is 0 Å². The lowest BCUT2D eigenvalue weighted by molar-refractivity contribution is -0.165. The first-order valence-electron chi connectivity index (χ1n) is 6.97. The van der Waals surface area contributed by atoms with E-state index >= 15 is 0 Å². The maximum atomic E-state index is 10.9. The minimum atomic E-state index is -0.925. The summed E-state index contributed by atoms with van der Waals surface area (Å²) in [6.45, 7) is 2.53. The molecule has 18 heavy (non-hydrogen) atoms. The molecule has 0 aromatic heterocycles. The van der Waals surface area contributed by atoms with Crippen LogP contribution in [0.4, 0.5) is 0 Å². The van der Waals surface area contributed by atoms with E-state index in [9.17, 15) is 9.59 Å². The van der Waals surface area contributed by atoms with Crippen molar-refractivity contribution in [2.45, 2.75) is 64.7 Å². The molecule has 0 aromatic rings. The molecule has 0 fully saturated rings. The molecule has 0 aromatic carbocycles. The van der Waals surface area contributed by atoms with E-state index in [0.29, 0.717) is 6.61 Å². The van der Waals surface area contributed by atoms with Crippen molar-refractivity contribution in [3.05, 3.63) is 0 Å². The fourth-order valence-electron chi connectivity index (χ4n) is 1.72. The topological polar surface area (TPSA) is 52.6 Å². The Balaban J connectivity index is 3.16. The van der Waals surface area contributed by atoms with Gasteiger partial charge in [-0.2, -0.15) is 0 Å². The molecule has 0 rings (SSSR count). The number of hydrogen-bond donors (Lipinski definition) is 0. The van der Waals surface area contributed by atoms with Gasteiger partial charge in [0, 0.05) is 0 Å². The number of carbonyl (C=O) groups is 2. The van der Waals surface area contributed by atoms with Crippen molar-refractivity contribution in [3.8, 4) is 0 Å². The Hall–Kier alpha value is -1.06. The summed E-state index contributed by atoms with van der Waals surface area (Å²) < 4.78 is 8.98. The van der Waals surface area contributed by atoms with Crippen molar-refractivity contribution < 1.29 is 19.1 Å². The average Bonchev–Trinajstić information content (AvgIpc) is 2.39. The smallest absolute Gasteiger partial charge is 0.417 e. The first-order chi connectivity index (χ1) is 8.72. The zero-order chi connectivity index (χ0) is 13.6. The van der Waals surface area contributed by atoms with Crippen LogP contribution in [0.15, 0.2) is 0 Å². The molecule has 0 radical (unpaired) electrons. The molecular formula is C14H26O4. The van der Waals surface area contributed by atoms with Gasteiger partial charge in [0.15, 0.2) is 0 Å². The van der Waals surface area contributed by atoms with E-state index < -0.39 is 11.9 Å². The maximum Gasteiger partial charge on any atom is 0.417 e. The number of unbranched alkanes of at least 4 members (excludes halogenated alkanes) is 8. The molecule has 0 heterocycles. The molecule has 0 atom stereocenters. The highest BCUT2D eigenvalue weighted by atomic mass is 16.6. The lowest BCUT2D eigenvalue weighted by Crippen LogP contribution is -2.19. The van der Waals surface area contributed by atoms with Crippen LogP contribution >= 0.6 is 0 Å². The van der Waals surface area contributed by atoms with Gasteiger partial charge in [-0.05, 0) is 6.42 Å². The van der Waals surface area contributed by atoms with E-state index in [0.717, 1.165) is 12.8 Å². The van der Waals surface area contributed by atoms with E-state index in [-0.39, 0.29) is 0 Å². The Morgan fingerprint density at radius 2 is 1.28 bits per heavy atom. The number of esters is 2. The van der Waals surface area contributed by atoms with Crippen molar-refractivity contribution in [2.24, 2.45) is 0 Å². The third-order valence-corrected chi connectivity index (χ3v) is 2.83. The van der Waals surface area contributed by atoms with Gasteiger partial charge < -0.3 is 9.47 Å². The summed E-state index contributed by atoms with van der Waals surface area (Å²) in [6, 6.07) is 0. The molecule has 4 nitrogen and oxygen atoms in total. The third-order valence-electron chi connectivity index (χ3n) is 2.83. The molecule has 0 bridgehead atoms. The van der Waals surface area contributed by atoms with Gasteiger partial charge in [-0.3, -0.25) is 0 Å². The van der Waals surface area contributed by atoms with Crippen LogP contribution in [0.5, 0.6) is 0 Å². The highest BCUT2D eigenvalue weighted by Crippen LogP contribution is 2.09. The van der Waals surface area contributed by atoms with E-state index in [4.69, 9.17) is 4.74 Å². The third kappa shape index (κ3) is 10.1. The van der Waals surface area contributed by atoms with Gasteiger partial charge in [-0.1, -0.05) is 58.3 Å². The van der Waals surface area contributed by atoms with Gasteiger partial charge in [-0.15, -0.1) is 0 Å². The molecule has 0 saturated heterocycles. The van der Waals surface area contributed by atoms with Crippen LogP contribution < -0.4 is 0 Å². The molecule has 0 aliphatic rings. The van der Waals surface area contributed by atoms with Gasteiger partial charge in [-0.25, -0.2) is 9.59 Å². The van der Waals surface area contributed by atoms with Crippen LogP contribution in [0.3, 0.4) is 0 Å². The second-order valence-electron chi connectivity index (χ2n) is 4.46. The zero-order valence-electron chi connectivity index (χ0n) is 11.7. The fourth-order valence-corrected chi connectivity index (χ4v) is 1.72. The van der Waals surface area contributed by atoms with Crippen molar-refractivity contribution >= 4 is 11.9 Å². The van der Waals surface area contributed by atoms with Gasteiger partial charge >= 0.3 is 11.9 Å². The second kappa shape index (κ2) is 12.4. The number of carbonyl (C=O) groups excluding carboxylic acids is 2. The first kappa shape index (κ1) is 16.9. The average molecular weight is 258 g/mol. The molecule has 0 N–H and O–H groups in total. The Labute approximate surface area is 110 Å². The number of ether oxygens (including phenoxy) is 2. The van der Waals surface area contributed by atoms with Crippen molar-refractivity contribution in [3.63, 3.8) is 0 Å². The monoisotopic (exact) mass is 258 g/mol. The van der Waals surface area contributed by atoms with E-state index in [2.05, 4.69) is 11.7 Å². The number of methoxy groups -OCH3 is 1. The minimum absolute atomic E-state index is 0.309. The standard InChI is InChI=1S/C14H26O4/c1-3-4-5-6-7-8-9-10-11-12-18-14(16)13(15)17-2/h3-12H2,1-2H3. The van der Waals surface area contributed by atoms with Gasteiger partial charge in [0.25, 0.3) is 0 Å². The summed E-state index contributed by atoms with van der Waals surface area (Å²) in [7, 11) is 1.17. The Bertz CT molecular complexity index is 226. The predicted molar refractivity (Wildman–Crippen MR) is 70.2 cm³/mol. The number of hydrogen-bond acceptors (Lipinski definition) is 4. The molecule has 0 amide bonds. The summed E-state index contributed by atoms with van der Waals surface area (Å²) >= 11 is 0. The maximum absolute atomic E-state index is 10.9. The van der Waals surface area contributed by atoms with Crippen molar-refractivity contribution in [2.75, 3.05) is 13.7 Å². The Morgan fingerprint density at radius 1 is 0.778 bits per heavy atom. The lowest BCUT2D eigenvalue weighted by Gasteiger charge is -2.03. The zero-order valence-corrected chi connectivity index (χ0v) is 11.7. The molecular weight excluding hydrogens is 232 g/mol. The van der Waals surface area contributed by atoms with Crippen LogP contribution in [-0.4, -0.2) is 25.7 Å². The summed E-state index contributed by atoms with van der Waals surface area (Å²) in [5.41, 5.74) is 0. The molecule has 4 heteroatoms. The van der Waals surface area contributed by atoms with Gasteiger partial charge in [0.1, 0.15) is 0 Å². The second-order valence-corrected chi connectivity index (χ2v) is 4.46. The quantitative estimate of drug-likeness (QED) is 0.343. The highest BCUT2D eigenvalue weighted by molar-refractivity contribution is 6.29. The first-order valence-corrected chi connectivity index (χ1v) is 6.97. The van der Waals surface area contributed by atoms with Crippen molar-refractivity contribution in [1.29, 1.82) is 0 Å². The van der Waals surface area contributed by atoms with Crippen LogP contribution in [0.2, 0.25) is 0 Å². The molecule has 0 saturated carbocycles. The van der Waals surface area contributed by atoms with E-state index in [1.807, 2.05) is 0 Å². The summed E-state index contributed by atoms with van der Waals surface area (Å²) in [5.74, 6) is -1.82. The molecule has 0 unspecified atom stereocenters. The normalized spacial score (nSPS) is 10.1. The Morgan fingerprint density at radius 3 is 1.78 bits per heavy atom.